The first-order chi connectivity index (χ1) is 34.1. The molecule has 11 aromatic rings. The minimum absolute atomic E-state index is 0. The van der Waals surface area contributed by atoms with E-state index in [1.165, 1.54) is 21.5 Å². The van der Waals surface area contributed by atoms with Crippen molar-refractivity contribution in [2.75, 3.05) is 4.90 Å². The van der Waals surface area contributed by atoms with Crippen molar-refractivity contribution in [1.29, 1.82) is 0 Å². The summed E-state index contributed by atoms with van der Waals surface area (Å²) in [6, 6.07) is 62.9. The fourth-order valence-electron chi connectivity index (χ4n) is 11.7. The fourth-order valence-corrected chi connectivity index (χ4v) is 14.6. The van der Waals surface area contributed by atoms with Gasteiger partial charge < -0.3 is 28.2 Å². The summed E-state index contributed by atoms with van der Waals surface area (Å²) in [6.45, 7) is 11.4. The molecule has 4 aliphatic heterocycles. The summed E-state index contributed by atoms with van der Waals surface area (Å²) in [5.74, 6) is 5.14. The number of pyridine rings is 1. The summed E-state index contributed by atoms with van der Waals surface area (Å²) in [6.07, 6.45) is 5.61. The van der Waals surface area contributed by atoms with Gasteiger partial charge in [-0.1, -0.05) is 117 Å². The van der Waals surface area contributed by atoms with E-state index in [1.807, 2.05) is 18.3 Å². The molecule has 3 aromatic heterocycles. The Labute approximate surface area is 426 Å². The number of aromatic nitrogens is 4. The van der Waals surface area contributed by atoms with Gasteiger partial charge in [0.15, 0.2) is 0 Å². The van der Waals surface area contributed by atoms with Gasteiger partial charge in [0, 0.05) is 80.9 Å². The van der Waals surface area contributed by atoms with Crippen LogP contribution in [0.3, 0.4) is 0 Å². The van der Waals surface area contributed by atoms with Crippen LogP contribution in [0.4, 0.5) is 17.1 Å². The molecule has 71 heavy (non-hydrogen) atoms. The normalized spacial score (nSPS) is 14.2. The Balaban J connectivity index is 0.00000470. The topological polar surface area (TPSA) is 57.6 Å². The second-order valence-corrected chi connectivity index (χ2v) is 24.7. The summed E-state index contributed by atoms with van der Waals surface area (Å²) >= 11 is 0. The van der Waals surface area contributed by atoms with E-state index in [9.17, 15) is 0 Å². The Morgan fingerprint density at radius 1 is 0.676 bits per heavy atom. The Bertz CT molecular complexity index is 4070. The molecule has 0 atom stereocenters. The van der Waals surface area contributed by atoms with Crippen molar-refractivity contribution >= 4 is 91.4 Å². The van der Waals surface area contributed by atoms with Gasteiger partial charge in [0.05, 0.1) is 16.7 Å². The zero-order valence-electron chi connectivity index (χ0n) is 39.4. The van der Waals surface area contributed by atoms with Crippen LogP contribution in [0.5, 0.6) is 34.5 Å². The molecule has 7 heterocycles. The number of hydrogen-bond acceptors (Lipinski definition) is 5. The standard InChI is InChI=1S/C60H42BN5O3Si.Pt/c1-60(2,3)36-29-30-62-53(31-36)66-45-32-39(67-40-26-28-51-46(33-40)64-35-63(37-15-8-6-9-16-37)44-21-14-24-52(58(44)64)70(51,4)5)25-27-41(45)54-47(66)34-50-57-59(54)69-49-23-13-20-43-56(49)61(57)55-42(19-12-22-48(55)68-50)65(43)38-17-10-7-11-18-38;/h6-31,34H,1-5H3;/q-2;. The first kappa shape index (κ1) is 42.2. The summed E-state index contributed by atoms with van der Waals surface area (Å²) in [4.78, 5) is 7.40. The van der Waals surface area contributed by atoms with Gasteiger partial charge in [-0.15, -0.1) is 29.5 Å². The van der Waals surface area contributed by atoms with Crippen molar-refractivity contribution in [3.05, 3.63) is 188 Å². The van der Waals surface area contributed by atoms with Crippen LogP contribution in [-0.4, -0.2) is 28.9 Å². The molecule has 8 nitrogen and oxygen atoms in total. The predicted octanol–water partition coefficient (Wildman–Crippen LogP) is 10.5. The van der Waals surface area contributed by atoms with Crippen LogP contribution in [0, 0.1) is 18.5 Å². The third-order valence-electron chi connectivity index (χ3n) is 15.0. The Kier molecular flexibility index (Phi) is 8.89. The summed E-state index contributed by atoms with van der Waals surface area (Å²) in [7, 11) is -2.15. The third kappa shape index (κ3) is 5.89. The molecule has 0 saturated heterocycles. The maximum atomic E-state index is 7.26. The van der Waals surface area contributed by atoms with E-state index in [0.717, 1.165) is 101 Å². The van der Waals surface area contributed by atoms with Crippen LogP contribution < -0.4 is 50.4 Å². The summed E-state index contributed by atoms with van der Waals surface area (Å²) < 4.78 is 27.7. The molecule has 0 amide bonds. The van der Waals surface area contributed by atoms with Gasteiger partial charge in [0.1, 0.15) is 28.8 Å². The SMILES string of the molecule is CC(C)(C)c1ccnc(-n2c3[c-]c(Oc4[c-]c5c(cc4)[Si](C)(C)c4cccc6c4n-5[c-][n+]6-c4ccccc4)ccc3c3c4c5c(cc32)Oc2cccc3c2B5c2c(cccc2N3c2ccccc2)O4)c1.[Pt]. The smallest absolute Gasteiger partial charge is 0.268 e. The monoisotopic (exact) mass is 1110 g/mol. The first-order valence-corrected chi connectivity index (χ1v) is 26.9. The minimum Gasteiger partial charge on any atom is -0.510 e. The molecule has 0 saturated carbocycles. The van der Waals surface area contributed by atoms with E-state index in [4.69, 9.17) is 19.2 Å². The van der Waals surface area contributed by atoms with E-state index < -0.39 is 8.07 Å². The minimum atomic E-state index is -2.15. The molecule has 4 aliphatic rings. The molecule has 0 spiro atoms. The Morgan fingerprint density at radius 3 is 2.14 bits per heavy atom. The zero-order chi connectivity index (χ0) is 46.8. The molecular weight excluding hydrogens is 1070 g/mol. The molecule has 0 N–H and O–H groups in total. The molecule has 15 rings (SSSR count). The summed E-state index contributed by atoms with van der Waals surface area (Å²) in [5, 5.41) is 4.60. The van der Waals surface area contributed by atoms with E-state index in [2.05, 4.69) is 217 Å². The second kappa shape index (κ2) is 14.9. The molecule has 344 valence electrons. The average molecular weight is 1120 g/mol. The number of imidazole rings is 1. The van der Waals surface area contributed by atoms with Crippen molar-refractivity contribution < 1.29 is 39.8 Å². The quantitative estimate of drug-likeness (QED) is 0.0977. The molecule has 11 heteroatoms. The largest absolute Gasteiger partial charge is 0.510 e. The first-order valence-electron chi connectivity index (χ1n) is 23.9. The molecule has 0 aliphatic carbocycles. The van der Waals surface area contributed by atoms with E-state index in [-0.39, 0.29) is 33.2 Å². The van der Waals surface area contributed by atoms with Gasteiger partial charge >= 0.3 is 0 Å². The number of hydrogen-bond donors (Lipinski definition) is 0. The second-order valence-electron chi connectivity index (χ2n) is 20.4. The van der Waals surface area contributed by atoms with Crippen molar-refractivity contribution in [3.63, 3.8) is 0 Å². The molecule has 8 aromatic carbocycles. The van der Waals surface area contributed by atoms with Crippen molar-refractivity contribution in [2.24, 2.45) is 0 Å². The number of para-hydroxylation sites is 3. The molecule has 0 fully saturated rings. The summed E-state index contributed by atoms with van der Waals surface area (Å²) in [5.41, 5.74) is 13.7. The number of ether oxygens (including phenoxy) is 3. The van der Waals surface area contributed by atoms with Crippen molar-refractivity contribution in [2.45, 2.75) is 39.3 Å². The van der Waals surface area contributed by atoms with Gasteiger partial charge in [0.2, 0.25) is 0 Å². The van der Waals surface area contributed by atoms with Crippen LogP contribution in [-0.2, 0) is 26.5 Å². The van der Waals surface area contributed by atoms with Gasteiger partial charge in [-0.3, -0.25) is 4.57 Å². The van der Waals surface area contributed by atoms with Gasteiger partial charge in [-0.2, -0.15) is 12.1 Å². The van der Waals surface area contributed by atoms with Gasteiger partial charge in [-0.25, -0.2) is 4.98 Å². The van der Waals surface area contributed by atoms with E-state index in [0.29, 0.717) is 11.5 Å². The number of anilines is 3. The van der Waals surface area contributed by atoms with Crippen molar-refractivity contribution in [3.8, 4) is 51.7 Å². The number of nitrogens with zero attached hydrogens (tertiary/aromatic N) is 5. The Morgan fingerprint density at radius 2 is 1.38 bits per heavy atom. The van der Waals surface area contributed by atoms with Crippen molar-refractivity contribution in [1.82, 2.24) is 14.1 Å². The van der Waals surface area contributed by atoms with Crippen LogP contribution in [0.25, 0.3) is 50.0 Å². The fraction of sp³-hybridized carbons (Fsp3) is 0.100. The molecular formula is C60H42BN5O3PtSi-2. The zero-order valence-corrected chi connectivity index (χ0v) is 42.7. The van der Waals surface area contributed by atoms with Crippen LogP contribution in [0.2, 0.25) is 13.1 Å². The number of benzene rings is 8. The van der Waals surface area contributed by atoms with Gasteiger partial charge in [-0.05, 0) is 93.6 Å². The number of fused-ring (bicyclic) bond motifs is 6. The number of rotatable bonds is 5. The molecule has 0 bridgehead atoms. The van der Waals surface area contributed by atoms with Gasteiger partial charge in [0.25, 0.3) is 13.0 Å². The predicted molar refractivity (Wildman–Crippen MR) is 281 cm³/mol. The van der Waals surface area contributed by atoms with Crippen LogP contribution >= 0.6 is 0 Å². The maximum absolute atomic E-state index is 7.26. The van der Waals surface area contributed by atoms with Crippen LogP contribution in [0.1, 0.15) is 26.3 Å². The third-order valence-corrected chi connectivity index (χ3v) is 18.5. The average Bonchev–Trinajstić information content (AvgIpc) is 3.92. The molecule has 0 unspecified atom stereocenters. The Hall–Kier alpha value is -7.65. The maximum Gasteiger partial charge on any atom is 0.268 e. The van der Waals surface area contributed by atoms with E-state index >= 15 is 0 Å². The van der Waals surface area contributed by atoms with Crippen LogP contribution in [0.15, 0.2) is 164 Å². The van der Waals surface area contributed by atoms with E-state index in [1.54, 1.807) is 0 Å². The molecule has 0 radical (unpaired) electrons.